The number of hydrogen-bond donors (Lipinski definition) is 0. The Labute approximate surface area is 192 Å². The van der Waals surface area contributed by atoms with E-state index in [1.165, 1.54) is 0 Å². The largest absolute Gasteiger partial charge is 0.497 e. The van der Waals surface area contributed by atoms with Crippen LogP contribution in [-0.2, 0) is 17.8 Å². The fourth-order valence-electron chi connectivity index (χ4n) is 4.26. The quantitative estimate of drug-likeness (QED) is 0.351. The molecule has 0 spiro atoms. The average molecular weight is 446 g/mol. The van der Waals surface area contributed by atoms with Gasteiger partial charge in [0.25, 0.3) is 0 Å². The lowest BCUT2D eigenvalue weighted by Crippen LogP contribution is -2.13. The summed E-state index contributed by atoms with van der Waals surface area (Å²) in [6.45, 7) is 1.20. The Balaban J connectivity index is 1.43. The van der Waals surface area contributed by atoms with Crippen molar-refractivity contribution in [3.63, 3.8) is 0 Å². The second-order valence-electron chi connectivity index (χ2n) is 7.89. The minimum Gasteiger partial charge on any atom is -0.497 e. The van der Waals surface area contributed by atoms with E-state index in [9.17, 15) is 0 Å². The Hall–Kier alpha value is -3.15. The van der Waals surface area contributed by atoms with Crippen LogP contribution in [0.25, 0.3) is 22.5 Å². The van der Waals surface area contributed by atoms with E-state index in [-0.39, 0.29) is 6.04 Å². The molecule has 0 unspecified atom stereocenters. The van der Waals surface area contributed by atoms with Crippen LogP contribution in [0.2, 0.25) is 5.02 Å². The van der Waals surface area contributed by atoms with E-state index in [0.717, 1.165) is 57.5 Å². The minimum absolute atomic E-state index is 0.236. The third kappa shape index (κ3) is 4.14. The van der Waals surface area contributed by atoms with Crippen LogP contribution >= 0.6 is 11.6 Å². The molecule has 1 aliphatic heterocycles. The molecular weight excluding hydrogens is 422 g/mol. The van der Waals surface area contributed by atoms with Gasteiger partial charge in [0.15, 0.2) is 0 Å². The third-order valence-electron chi connectivity index (χ3n) is 5.86. The predicted octanol–water partition coefficient (Wildman–Crippen LogP) is 5.98. The van der Waals surface area contributed by atoms with Gasteiger partial charge < -0.3 is 14.0 Å². The summed E-state index contributed by atoms with van der Waals surface area (Å²) < 4.78 is 13.7. The van der Waals surface area contributed by atoms with Gasteiger partial charge in [-0.2, -0.15) is 0 Å². The zero-order chi connectivity index (χ0) is 21.9. The Bertz CT molecular complexity index is 1190. The molecule has 3 heterocycles. The molecule has 2 aromatic carbocycles. The van der Waals surface area contributed by atoms with Crippen LogP contribution < -0.4 is 4.74 Å². The number of benzene rings is 2. The van der Waals surface area contributed by atoms with Crippen molar-refractivity contribution >= 4 is 11.6 Å². The van der Waals surface area contributed by atoms with E-state index in [1.807, 2.05) is 73.1 Å². The summed E-state index contributed by atoms with van der Waals surface area (Å²) in [5.41, 5.74) is 5.38. The van der Waals surface area contributed by atoms with Gasteiger partial charge in [0.05, 0.1) is 37.8 Å². The molecule has 0 amide bonds. The highest BCUT2D eigenvalue weighted by Crippen LogP contribution is 2.39. The van der Waals surface area contributed by atoms with Crippen molar-refractivity contribution in [1.82, 2.24) is 14.5 Å². The molecule has 0 bridgehead atoms. The highest BCUT2D eigenvalue weighted by molar-refractivity contribution is 6.30. The number of imidazole rings is 1. The topological polar surface area (TPSA) is 49.2 Å². The van der Waals surface area contributed by atoms with Crippen molar-refractivity contribution in [2.24, 2.45) is 0 Å². The Morgan fingerprint density at radius 2 is 1.72 bits per heavy atom. The number of halogens is 1. The van der Waals surface area contributed by atoms with E-state index in [4.69, 9.17) is 26.1 Å². The van der Waals surface area contributed by atoms with Gasteiger partial charge in [-0.25, -0.2) is 4.98 Å². The summed E-state index contributed by atoms with van der Waals surface area (Å²) >= 11 is 6.12. The SMILES string of the molecule is COc1ccc(COC[C@@H]2CCc3nc(-c4ccc(Cl)cc4)c(-c4ccncc4)n32)cc1. The van der Waals surface area contributed by atoms with Gasteiger partial charge in [0.2, 0.25) is 0 Å². The van der Waals surface area contributed by atoms with Gasteiger partial charge in [-0.05, 0) is 48.4 Å². The lowest BCUT2D eigenvalue weighted by atomic mass is 10.0. The molecule has 2 aromatic heterocycles. The maximum atomic E-state index is 6.14. The van der Waals surface area contributed by atoms with Crippen LogP contribution in [0.5, 0.6) is 5.75 Å². The van der Waals surface area contributed by atoms with E-state index in [2.05, 4.69) is 9.55 Å². The summed E-state index contributed by atoms with van der Waals surface area (Å²) in [6, 6.07) is 20.2. The zero-order valence-electron chi connectivity index (χ0n) is 17.9. The van der Waals surface area contributed by atoms with Crippen molar-refractivity contribution in [2.45, 2.75) is 25.5 Å². The van der Waals surface area contributed by atoms with Gasteiger partial charge in [-0.15, -0.1) is 0 Å². The van der Waals surface area contributed by atoms with Crippen molar-refractivity contribution in [3.05, 3.63) is 89.5 Å². The summed E-state index contributed by atoms with van der Waals surface area (Å²) in [6.07, 6.45) is 5.60. The molecule has 1 atom stereocenters. The van der Waals surface area contributed by atoms with Crippen LogP contribution in [0.4, 0.5) is 0 Å². The Morgan fingerprint density at radius 1 is 0.969 bits per heavy atom. The van der Waals surface area contributed by atoms with E-state index < -0.39 is 0 Å². The lowest BCUT2D eigenvalue weighted by molar-refractivity contribution is 0.0925. The summed E-state index contributed by atoms with van der Waals surface area (Å²) in [4.78, 5) is 9.23. The van der Waals surface area contributed by atoms with Crippen molar-refractivity contribution in [2.75, 3.05) is 13.7 Å². The molecule has 0 saturated carbocycles. The molecule has 5 rings (SSSR count). The van der Waals surface area contributed by atoms with Gasteiger partial charge in [0, 0.05) is 35.0 Å². The van der Waals surface area contributed by atoms with Crippen LogP contribution in [0.15, 0.2) is 73.1 Å². The number of fused-ring (bicyclic) bond motifs is 1. The van der Waals surface area contributed by atoms with E-state index in [0.29, 0.717) is 13.2 Å². The van der Waals surface area contributed by atoms with Crippen molar-refractivity contribution in [3.8, 4) is 28.3 Å². The number of nitrogens with zero attached hydrogens (tertiary/aromatic N) is 3. The molecule has 0 fully saturated rings. The van der Waals surface area contributed by atoms with Gasteiger partial charge >= 0.3 is 0 Å². The van der Waals surface area contributed by atoms with Crippen molar-refractivity contribution < 1.29 is 9.47 Å². The van der Waals surface area contributed by atoms with Crippen LogP contribution in [0.1, 0.15) is 23.9 Å². The number of aryl methyl sites for hydroxylation is 1. The van der Waals surface area contributed by atoms with Crippen LogP contribution in [0, 0.1) is 0 Å². The Kier molecular flexibility index (Phi) is 5.93. The first-order valence-corrected chi connectivity index (χ1v) is 11.1. The molecule has 32 heavy (non-hydrogen) atoms. The highest BCUT2D eigenvalue weighted by Gasteiger charge is 2.30. The minimum atomic E-state index is 0.236. The maximum absolute atomic E-state index is 6.14. The van der Waals surface area contributed by atoms with Gasteiger partial charge in [-0.3, -0.25) is 4.98 Å². The molecule has 0 saturated heterocycles. The number of hydrogen-bond acceptors (Lipinski definition) is 4. The predicted molar refractivity (Wildman–Crippen MR) is 126 cm³/mol. The number of pyridine rings is 1. The standard InChI is InChI=1S/C26H24ClN3O2/c1-31-23-9-2-18(3-10-23)16-32-17-22-8-11-24-29-25(19-4-6-21(27)7-5-19)26(30(22)24)20-12-14-28-15-13-20/h2-7,9-10,12-15,22H,8,11,16-17H2,1H3/t22-/m0/s1. The van der Waals surface area contributed by atoms with Crippen LogP contribution in [-0.4, -0.2) is 28.3 Å². The third-order valence-corrected chi connectivity index (χ3v) is 6.11. The molecular formula is C26H24ClN3O2. The summed E-state index contributed by atoms with van der Waals surface area (Å²) in [7, 11) is 1.67. The molecule has 162 valence electrons. The average Bonchev–Trinajstić information content (AvgIpc) is 3.40. The normalized spacial score (nSPS) is 15.0. The molecule has 1 aliphatic rings. The van der Waals surface area contributed by atoms with E-state index in [1.54, 1.807) is 7.11 Å². The van der Waals surface area contributed by atoms with Crippen molar-refractivity contribution in [1.29, 1.82) is 0 Å². The second kappa shape index (κ2) is 9.15. The lowest BCUT2D eigenvalue weighted by Gasteiger charge is -2.18. The molecule has 0 N–H and O–H groups in total. The monoisotopic (exact) mass is 445 g/mol. The molecule has 4 aromatic rings. The highest BCUT2D eigenvalue weighted by atomic mass is 35.5. The van der Waals surface area contributed by atoms with Crippen LogP contribution in [0.3, 0.4) is 0 Å². The number of methoxy groups -OCH3 is 1. The summed E-state index contributed by atoms with van der Waals surface area (Å²) in [5.74, 6) is 1.95. The zero-order valence-corrected chi connectivity index (χ0v) is 18.6. The second-order valence-corrected chi connectivity index (χ2v) is 8.33. The van der Waals surface area contributed by atoms with E-state index >= 15 is 0 Å². The molecule has 0 aliphatic carbocycles. The molecule has 0 radical (unpaired) electrons. The van der Waals surface area contributed by atoms with Gasteiger partial charge in [0.1, 0.15) is 11.6 Å². The first kappa shape index (κ1) is 20.7. The smallest absolute Gasteiger partial charge is 0.118 e. The first-order chi connectivity index (χ1) is 15.7. The fourth-order valence-corrected chi connectivity index (χ4v) is 4.39. The Morgan fingerprint density at radius 3 is 2.44 bits per heavy atom. The molecule has 5 nitrogen and oxygen atoms in total. The number of ether oxygens (including phenoxy) is 2. The first-order valence-electron chi connectivity index (χ1n) is 10.7. The number of aromatic nitrogens is 3. The fraction of sp³-hybridized carbons (Fsp3) is 0.231. The number of rotatable bonds is 7. The molecule has 6 heteroatoms. The maximum Gasteiger partial charge on any atom is 0.118 e. The summed E-state index contributed by atoms with van der Waals surface area (Å²) in [5, 5.41) is 0.718. The van der Waals surface area contributed by atoms with Gasteiger partial charge in [-0.1, -0.05) is 35.9 Å².